The minimum absolute atomic E-state index is 0.0733. The van der Waals surface area contributed by atoms with Crippen molar-refractivity contribution in [3.8, 4) is 11.3 Å². The van der Waals surface area contributed by atoms with Crippen LogP contribution in [0.25, 0.3) is 11.3 Å². The summed E-state index contributed by atoms with van der Waals surface area (Å²) in [6.07, 6.45) is 5.36. The van der Waals surface area contributed by atoms with Gasteiger partial charge in [-0.2, -0.15) is 0 Å². The van der Waals surface area contributed by atoms with Crippen molar-refractivity contribution in [3.05, 3.63) is 56.3 Å². The number of esters is 1. The molecule has 5 nitrogen and oxygen atoms in total. The predicted octanol–water partition coefficient (Wildman–Crippen LogP) is 5.46. The molecule has 6 heteroatoms. The summed E-state index contributed by atoms with van der Waals surface area (Å²) >= 11 is 6.64. The maximum absolute atomic E-state index is 12.8. The lowest BCUT2D eigenvalue weighted by atomic mass is 9.78. The van der Waals surface area contributed by atoms with Crippen LogP contribution in [0.5, 0.6) is 0 Å². The lowest BCUT2D eigenvalue weighted by molar-refractivity contribution is 0.0523. The molecule has 2 heterocycles. The maximum atomic E-state index is 12.8. The van der Waals surface area contributed by atoms with Crippen LogP contribution in [-0.2, 0) is 22.3 Å². The molecule has 0 saturated carbocycles. The van der Waals surface area contributed by atoms with E-state index in [0.29, 0.717) is 5.02 Å². The average molecular weight is 446 g/mol. The molecule has 1 aliphatic rings. The van der Waals surface area contributed by atoms with Crippen LogP contribution >= 0.6 is 11.6 Å². The quantitative estimate of drug-likeness (QED) is 0.419. The van der Waals surface area contributed by atoms with Gasteiger partial charge in [0.05, 0.1) is 12.3 Å². The zero-order valence-electron chi connectivity index (χ0n) is 19.1. The van der Waals surface area contributed by atoms with Crippen LogP contribution in [0.2, 0.25) is 5.02 Å². The lowest BCUT2D eigenvalue weighted by Crippen LogP contribution is -2.33. The Morgan fingerprint density at radius 1 is 1.23 bits per heavy atom. The third kappa shape index (κ3) is 5.04. The first-order valence-electron chi connectivity index (χ1n) is 10.9. The molecular weight excluding hydrogens is 414 g/mol. The molecule has 3 rings (SSSR count). The number of halogens is 1. The van der Waals surface area contributed by atoms with Crippen molar-refractivity contribution in [1.29, 1.82) is 0 Å². The Hall–Kier alpha value is -2.11. The van der Waals surface area contributed by atoms with E-state index in [0.717, 1.165) is 49.1 Å². The highest BCUT2D eigenvalue weighted by Crippen LogP contribution is 2.43. The summed E-state index contributed by atoms with van der Waals surface area (Å²) in [5.74, 6) is -0.578. The summed E-state index contributed by atoms with van der Waals surface area (Å²) in [7, 11) is 1.71. The molecule has 0 radical (unpaired) electrons. The minimum atomic E-state index is -0.578. The van der Waals surface area contributed by atoms with Gasteiger partial charge in [-0.15, -0.1) is 0 Å². The van der Waals surface area contributed by atoms with Gasteiger partial charge in [0, 0.05) is 42.6 Å². The Morgan fingerprint density at radius 2 is 1.97 bits per heavy atom. The fourth-order valence-corrected chi connectivity index (χ4v) is 4.50. The number of ether oxygens (including phenoxy) is 2. The number of rotatable bonds is 7. The van der Waals surface area contributed by atoms with Crippen molar-refractivity contribution in [2.24, 2.45) is 5.41 Å². The van der Waals surface area contributed by atoms with Gasteiger partial charge < -0.3 is 14.0 Å². The second-order valence-corrected chi connectivity index (χ2v) is 9.61. The lowest BCUT2D eigenvalue weighted by Gasteiger charge is -2.39. The first-order chi connectivity index (χ1) is 14.7. The molecule has 31 heavy (non-hydrogen) atoms. The highest BCUT2D eigenvalue weighted by atomic mass is 35.5. The van der Waals surface area contributed by atoms with Crippen LogP contribution in [0.1, 0.15) is 68.1 Å². The van der Waals surface area contributed by atoms with Crippen LogP contribution in [0, 0.1) is 5.41 Å². The van der Waals surface area contributed by atoms with Crippen molar-refractivity contribution in [2.45, 2.75) is 59.4 Å². The number of carbonyl (C=O) groups is 1. The van der Waals surface area contributed by atoms with Crippen LogP contribution in [0.15, 0.2) is 29.2 Å². The summed E-state index contributed by atoms with van der Waals surface area (Å²) in [4.78, 5) is 25.1. The van der Waals surface area contributed by atoms with E-state index < -0.39 is 5.97 Å². The zero-order chi connectivity index (χ0) is 22.8. The number of benzene rings is 1. The van der Waals surface area contributed by atoms with Crippen molar-refractivity contribution in [3.63, 3.8) is 0 Å². The van der Waals surface area contributed by atoms with Crippen molar-refractivity contribution in [2.75, 3.05) is 20.3 Å². The fraction of sp³-hybridized carbons (Fsp3) is 0.520. The van der Waals surface area contributed by atoms with Gasteiger partial charge in [-0.3, -0.25) is 4.79 Å². The topological polar surface area (TPSA) is 57.5 Å². The Labute approximate surface area is 189 Å². The molecule has 1 atom stereocenters. The van der Waals surface area contributed by atoms with Gasteiger partial charge in [-0.25, -0.2) is 4.79 Å². The zero-order valence-corrected chi connectivity index (χ0v) is 19.8. The number of fused-ring (bicyclic) bond motifs is 3. The Morgan fingerprint density at radius 3 is 2.61 bits per heavy atom. The first kappa shape index (κ1) is 23.6. The largest absolute Gasteiger partial charge is 0.462 e. The molecule has 1 aliphatic heterocycles. The molecule has 0 unspecified atom stereocenters. The normalized spacial score (nSPS) is 15.4. The second kappa shape index (κ2) is 9.58. The fourth-order valence-electron chi connectivity index (χ4n) is 4.25. The molecule has 168 valence electrons. The summed E-state index contributed by atoms with van der Waals surface area (Å²) in [6.45, 7) is 9.24. The number of aromatic nitrogens is 1. The molecule has 0 fully saturated rings. The van der Waals surface area contributed by atoms with E-state index in [4.69, 9.17) is 21.1 Å². The van der Waals surface area contributed by atoms with Crippen molar-refractivity contribution in [1.82, 2.24) is 4.57 Å². The number of methoxy groups -OCH3 is 1. The van der Waals surface area contributed by atoms with Gasteiger partial charge in [0.1, 0.15) is 5.56 Å². The second-order valence-electron chi connectivity index (χ2n) is 9.20. The predicted molar refractivity (Wildman–Crippen MR) is 124 cm³/mol. The van der Waals surface area contributed by atoms with Gasteiger partial charge in [0.25, 0.3) is 0 Å². The number of aryl methyl sites for hydroxylation is 1. The summed E-state index contributed by atoms with van der Waals surface area (Å²) in [6, 6.07) is 5.80. The SMILES string of the molecule is CCOC(=O)c1cn2c(cc1=O)-c1cc(Cl)c(CCCCOC)cc1C[C@H]2C(C)(C)C. The molecule has 1 aromatic heterocycles. The van der Waals surface area contributed by atoms with E-state index in [1.165, 1.54) is 5.56 Å². The molecule has 0 spiro atoms. The van der Waals surface area contributed by atoms with E-state index in [2.05, 4.69) is 31.4 Å². The van der Waals surface area contributed by atoms with Crippen LogP contribution in [-0.4, -0.2) is 30.9 Å². The standard InChI is InChI=1S/C25H32ClNO4/c1-6-31-24(29)19-15-27-21(14-22(19)28)18-13-20(26)16(9-7-8-10-30-5)11-17(18)12-23(27)25(2,3)4/h11,13-15,23H,6-10,12H2,1-5H3/t23-/m0/s1. The van der Waals surface area contributed by atoms with Crippen LogP contribution in [0.4, 0.5) is 0 Å². The minimum Gasteiger partial charge on any atom is -0.462 e. The van der Waals surface area contributed by atoms with Gasteiger partial charge in [0.15, 0.2) is 5.43 Å². The third-order valence-electron chi connectivity index (χ3n) is 5.92. The van der Waals surface area contributed by atoms with E-state index >= 15 is 0 Å². The molecular formula is C25H32ClNO4. The highest BCUT2D eigenvalue weighted by Gasteiger charge is 2.34. The number of hydrogen-bond acceptors (Lipinski definition) is 4. The van der Waals surface area contributed by atoms with Gasteiger partial charge in [-0.1, -0.05) is 38.4 Å². The Bertz CT molecular complexity index is 1020. The molecule has 0 bridgehead atoms. The number of unbranched alkanes of at least 4 members (excludes halogenated alkanes) is 1. The van der Waals surface area contributed by atoms with Crippen molar-refractivity contribution >= 4 is 17.6 Å². The summed E-state index contributed by atoms with van der Waals surface area (Å²) in [5, 5.41) is 0.707. The molecule has 0 amide bonds. The third-order valence-corrected chi connectivity index (χ3v) is 6.27. The molecule has 1 aromatic carbocycles. The summed E-state index contributed by atoms with van der Waals surface area (Å²) in [5.41, 5.74) is 3.74. The highest BCUT2D eigenvalue weighted by molar-refractivity contribution is 6.31. The smallest absolute Gasteiger partial charge is 0.343 e. The first-order valence-corrected chi connectivity index (χ1v) is 11.3. The van der Waals surface area contributed by atoms with E-state index in [1.807, 2.05) is 6.07 Å². The Balaban J connectivity index is 2.09. The molecule has 0 aliphatic carbocycles. The maximum Gasteiger partial charge on any atom is 0.343 e. The van der Waals surface area contributed by atoms with Crippen LogP contribution < -0.4 is 5.43 Å². The number of pyridine rings is 1. The van der Waals surface area contributed by atoms with E-state index in [-0.39, 0.29) is 29.1 Å². The summed E-state index contributed by atoms with van der Waals surface area (Å²) < 4.78 is 12.3. The molecule has 0 N–H and O–H groups in total. The van der Waals surface area contributed by atoms with Gasteiger partial charge in [-0.05, 0) is 55.2 Å². The molecule has 2 aromatic rings. The number of hydrogen-bond donors (Lipinski definition) is 0. The van der Waals surface area contributed by atoms with E-state index in [9.17, 15) is 9.59 Å². The Kier molecular flexibility index (Phi) is 7.28. The monoisotopic (exact) mass is 445 g/mol. The average Bonchev–Trinajstić information content (AvgIpc) is 2.70. The van der Waals surface area contributed by atoms with Crippen molar-refractivity contribution < 1.29 is 14.3 Å². The molecule has 0 saturated heterocycles. The van der Waals surface area contributed by atoms with Gasteiger partial charge >= 0.3 is 5.97 Å². The number of carbonyl (C=O) groups excluding carboxylic acids is 1. The number of nitrogens with zero attached hydrogens (tertiary/aromatic N) is 1. The van der Waals surface area contributed by atoms with Crippen LogP contribution in [0.3, 0.4) is 0 Å². The van der Waals surface area contributed by atoms with E-state index in [1.54, 1.807) is 26.3 Å². The van der Waals surface area contributed by atoms with Gasteiger partial charge in [0.2, 0.25) is 0 Å².